The summed E-state index contributed by atoms with van der Waals surface area (Å²) in [7, 11) is 1.52. The summed E-state index contributed by atoms with van der Waals surface area (Å²) in [4.78, 5) is 11.2. The monoisotopic (exact) mass is 258 g/mol. The normalized spacial score (nSPS) is 33.9. The molecule has 0 amide bonds. The maximum Gasteiger partial charge on any atom is 0.334 e. The molecule has 0 bridgehead atoms. The first-order valence-electron chi connectivity index (χ1n) is 5.84. The summed E-state index contributed by atoms with van der Waals surface area (Å²) in [6.07, 6.45) is 0.995. The number of carboxylic acids is 1. The number of carboxylic acid groups (broad SMARTS) is 1. The van der Waals surface area contributed by atoms with Crippen LogP contribution in [0.2, 0.25) is 0 Å². The smallest absolute Gasteiger partial charge is 0.334 e. The molecule has 0 unspecified atom stereocenters. The van der Waals surface area contributed by atoms with Gasteiger partial charge in [-0.25, -0.2) is 4.79 Å². The van der Waals surface area contributed by atoms with Gasteiger partial charge in [-0.15, -0.1) is 0 Å². The van der Waals surface area contributed by atoms with Crippen molar-refractivity contribution in [1.29, 1.82) is 0 Å². The highest BCUT2D eigenvalue weighted by molar-refractivity contribution is 5.88. The predicted molar refractivity (Wildman–Crippen MR) is 60.9 cm³/mol. The largest absolute Gasteiger partial charge is 0.478 e. The standard InChI is InChI=1S/C12H18O6/c1-12(2)17-9-5-7(16-6-15-3)4-8(11(13)14)10(9)18-12/h4,7,9-10H,5-6H2,1-3H3,(H,13,14)/t7-,9+,10-/m1/s1. The molecule has 1 fully saturated rings. The number of hydrogen-bond donors (Lipinski definition) is 1. The second-order valence-corrected chi connectivity index (χ2v) is 4.87. The minimum atomic E-state index is -1.00. The summed E-state index contributed by atoms with van der Waals surface area (Å²) >= 11 is 0. The minimum absolute atomic E-state index is 0.121. The van der Waals surface area contributed by atoms with Gasteiger partial charge in [0.15, 0.2) is 5.79 Å². The molecule has 0 spiro atoms. The molecule has 2 aliphatic rings. The third kappa shape index (κ3) is 2.72. The number of fused-ring (bicyclic) bond motifs is 1. The Kier molecular flexibility index (Phi) is 3.72. The second-order valence-electron chi connectivity index (χ2n) is 4.87. The van der Waals surface area contributed by atoms with Gasteiger partial charge in [0.1, 0.15) is 12.9 Å². The molecule has 1 N–H and O–H groups in total. The number of carbonyl (C=O) groups is 1. The fraction of sp³-hybridized carbons (Fsp3) is 0.750. The molecule has 3 atom stereocenters. The van der Waals surface area contributed by atoms with Crippen molar-refractivity contribution in [1.82, 2.24) is 0 Å². The average Bonchev–Trinajstić information content (AvgIpc) is 2.58. The molecule has 0 radical (unpaired) electrons. The van der Waals surface area contributed by atoms with Gasteiger partial charge >= 0.3 is 5.97 Å². The zero-order valence-corrected chi connectivity index (χ0v) is 10.7. The molecule has 6 heteroatoms. The Balaban J connectivity index is 2.16. The van der Waals surface area contributed by atoms with Crippen molar-refractivity contribution in [3.8, 4) is 0 Å². The highest BCUT2D eigenvalue weighted by atomic mass is 16.8. The SMILES string of the molecule is COCO[C@@H]1C=C(C(=O)O)[C@H]2OC(C)(C)O[C@H]2C1. The van der Waals surface area contributed by atoms with Gasteiger partial charge in [-0.05, 0) is 19.9 Å². The van der Waals surface area contributed by atoms with Crippen LogP contribution in [0.3, 0.4) is 0 Å². The van der Waals surface area contributed by atoms with Crippen molar-refractivity contribution in [3.05, 3.63) is 11.6 Å². The van der Waals surface area contributed by atoms with Crippen LogP contribution < -0.4 is 0 Å². The van der Waals surface area contributed by atoms with E-state index < -0.39 is 17.9 Å². The fourth-order valence-electron chi connectivity index (χ4n) is 2.33. The zero-order valence-electron chi connectivity index (χ0n) is 10.7. The van der Waals surface area contributed by atoms with E-state index in [9.17, 15) is 9.90 Å². The Hall–Kier alpha value is -0.950. The van der Waals surface area contributed by atoms with Crippen LogP contribution in [0, 0.1) is 0 Å². The lowest BCUT2D eigenvalue weighted by molar-refractivity contribution is -0.147. The van der Waals surface area contributed by atoms with Gasteiger partial charge in [0.05, 0.1) is 17.8 Å². The summed E-state index contributed by atoms with van der Waals surface area (Å²) in [6, 6.07) is 0. The molecule has 6 nitrogen and oxygen atoms in total. The van der Waals surface area contributed by atoms with E-state index in [0.29, 0.717) is 6.42 Å². The third-order valence-corrected chi connectivity index (χ3v) is 2.97. The quantitative estimate of drug-likeness (QED) is 0.755. The van der Waals surface area contributed by atoms with E-state index in [2.05, 4.69) is 0 Å². The topological polar surface area (TPSA) is 74.2 Å². The summed E-state index contributed by atoms with van der Waals surface area (Å²) in [6.45, 7) is 3.67. The lowest BCUT2D eigenvalue weighted by Crippen LogP contribution is -2.37. The first kappa shape index (κ1) is 13.5. The van der Waals surface area contributed by atoms with E-state index in [-0.39, 0.29) is 24.6 Å². The Bertz CT molecular complexity index is 362. The van der Waals surface area contributed by atoms with Crippen molar-refractivity contribution in [2.45, 2.75) is 44.4 Å². The highest BCUT2D eigenvalue weighted by Crippen LogP contribution is 2.37. The Morgan fingerprint density at radius 1 is 1.56 bits per heavy atom. The van der Waals surface area contributed by atoms with Gasteiger partial charge < -0.3 is 24.1 Å². The predicted octanol–water partition coefficient (Wildman–Crippen LogP) is 0.910. The molecule has 1 saturated heterocycles. The highest BCUT2D eigenvalue weighted by Gasteiger charge is 2.48. The lowest BCUT2D eigenvalue weighted by Gasteiger charge is -2.27. The lowest BCUT2D eigenvalue weighted by atomic mass is 9.92. The van der Waals surface area contributed by atoms with Crippen molar-refractivity contribution in [2.75, 3.05) is 13.9 Å². The number of rotatable bonds is 4. The van der Waals surface area contributed by atoms with Crippen molar-refractivity contribution in [2.24, 2.45) is 0 Å². The molecule has 18 heavy (non-hydrogen) atoms. The molecule has 1 aliphatic carbocycles. The summed E-state index contributed by atoms with van der Waals surface area (Å²) < 4.78 is 21.5. The Morgan fingerprint density at radius 2 is 2.28 bits per heavy atom. The van der Waals surface area contributed by atoms with E-state index in [1.807, 2.05) is 0 Å². The second kappa shape index (κ2) is 4.97. The molecule has 0 aromatic carbocycles. The van der Waals surface area contributed by atoms with Gasteiger partial charge in [0.2, 0.25) is 0 Å². The Labute approximate surface area is 105 Å². The first-order valence-corrected chi connectivity index (χ1v) is 5.84. The summed E-state index contributed by atoms with van der Waals surface area (Å²) in [5.74, 6) is -1.77. The van der Waals surface area contributed by atoms with Crippen LogP contribution in [0.15, 0.2) is 11.6 Å². The molecule has 1 aliphatic heterocycles. The van der Waals surface area contributed by atoms with Gasteiger partial charge in [0, 0.05) is 13.5 Å². The van der Waals surface area contributed by atoms with Crippen LogP contribution in [-0.2, 0) is 23.7 Å². The van der Waals surface area contributed by atoms with Crippen LogP contribution in [0.1, 0.15) is 20.3 Å². The molecule has 102 valence electrons. The molecule has 2 rings (SSSR count). The van der Waals surface area contributed by atoms with Gasteiger partial charge in [0.25, 0.3) is 0 Å². The van der Waals surface area contributed by atoms with Crippen molar-refractivity contribution in [3.63, 3.8) is 0 Å². The molecule has 0 aromatic rings. The van der Waals surface area contributed by atoms with E-state index in [0.717, 1.165) is 0 Å². The van der Waals surface area contributed by atoms with E-state index in [4.69, 9.17) is 18.9 Å². The van der Waals surface area contributed by atoms with Gasteiger partial charge in [-0.2, -0.15) is 0 Å². The summed E-state index contributed by atoms with van der Waals surface area (Å²) in [5, 5.41) is 9.21. The average molecular weight is 258 g/mol. The van der Waals surface area contributed by atoms with E-state index in [1.165, 1.54) is 7.11 Å². The van der Waals surface area contributed by atoms with Gasteiger partial charge in [-0.3, -0.25) is 0 Å². The molecule has 0 aromatic heterocycles. The zero-order chi connectivity index (χ0) is 13.3. The minimum Gasteiger partial charge on any atom is -0.478 e. The van der Waals surface area contributed by atoms with Crippen LogP contribution in [0.25, 0.3) is 0 Å². The molecular formula is C12H18O6. The third-order valence-electron chi connectivity index (χ3n) is 2.97. The number of aliphatic carboxylic acids is 1. The van der Waals surface area contributed by atoms with E-state index in [1.54, 1.807) is 19.9 Å². The van der Waals surface area contributed by atoms with Gasteiger partial charge in [-0.1, -0.05) is 0 Å². The van der Waals surface area contributed by atoms with Crippen molar-refractivity contribution < 1.29 is 28.8 Å². The first-order chi connectivity index (χ1) is 8.43. The Morgan fingerprint density at radius 3 is 2.89 bits per heavy atom. The number of ether oxygens (including phenoxy) is 4. The van der Waals surface area contributed by atoms with Crippen LogP contribution in [-0.4, -0.2) is 49.1 Å². The maximum absolute atomic E-state index is 11.2. The van der Waals surface area contributed by atoms with Crippen LogP contribution >= 0.6 is 0 Å². The molecule has 1 heterocycles. The molecule has 0 saturated carbocycles. The van der Waals surface area contributed by atoms with E-state index >= 15 is 0 Å². The summed E-state index contributed by atoms with van der Waals surface area (Å²) in [5.41, 5.74) is 0.193. The van der Waals surface area contributed by atoms with Crippen molar-refractivity contribution >= 4 is 5.97 Å². The fourth-order valence-corrected chi connectivity index (χ4v) is 2.33. The molecular weight excluding hydrogens is 240 g/mol. The number of methoxy groups -OCH3 is 1. The van der Waals surface area contributed by atoms with Crippen LogP contribution in [0.4, 0.5) is 0 Å². The van der Waals surface area contributed by atoms with Crippen LogP contribution in [0.5, 0.6) is 0 Å². The maximum atomic E-state index is 11.2. The number of hydrogen-bond acceptors (Lipinski definition) is 5.